The number of fused-ring (bicyclic) bond motifs is 4. The van der Waals surface area contributed by atoms with E-state index < -0.39 is 5.97 Å². The molecule has 0 aromatic heterocycles. The molecule has 3 aliphatic rings. The number of rotatable bonds is 2. The van der Waals surface area contributed by atoms with Gasteiger partial charge in [0, 0.05) is 5.56 Å². The van der Waals surface area contributed by atoms with Crippen LogP contribution in [0.25, 0.3) is 0 Å². The molecule has 5 rings (SSSR count). The fourth-order valence-corrected chi connectivity index (χ4v) is 6.37. The third kappa shape index (κ3) is 3.03. The van der Waals surface area contributed by atoms with Gasteiger partial charge in [-0.3, -0.25) is 0 Å². The number of aromatic carboxylic acids is 1. The molecule has 2 atom stereocenters. The Kier molecular flexibility index (Phi) is 4.55. The predicted octanol–water partition coefficient (Wildman–Crippen LogP) is 6.75. The average molecular weight is 419 g/mol. The van der Waals surface area contributed by atoms with Crippen molar-refractivity contribution in [1.82, 2.24) is 0 Å². The molecule has 31 heavy (non-hydrogen) atoms. The predicted molar refractivity (Wildman–Crippen MR) is 123 cm³/mol. The zero-order chi connectivity index (χ0) is 22.0. The van der Waals surface area contributed by atoms with Crippen LogP contribution in [0.5, 0.6) is 5.75 Å². The first-order valence-electron chi connectivity index (χ1n) is 11.9. The zero-order valence-corrected chi connectivity index (χ0v) is 19.3. The van der Waals surface area contributed by atoms with Crippen molar-refractivity contribution in [2.75, 3.05) is 0 Å². The fraction of sp³-hybridized carbons (Fsp3) is 0.536. The second kappa shape index (κ2) is 6.85. The van der Waals surface area contributed by atoms with E-state index in [9.17, 15) is 9.90 Å². The van der Waals surface area contributed by atoms with Crippen LogP contribution in [-0.4, -0.2) is 17.2 Å². The van der Waals surface area contributed by atoms with E-state index in [4.69, 9.17) is 4.74 Å². The number of carboxylic acid groups (broad SMARTS) is 1. The highest BCUT2D eigenvalue weighted by atomic mass is 16.5. The van der Waals surface area contributed by atoms with Crippen molar-refractivity contribution >= 4 is 5.97 Å². The van der Waals surface area contributed by atoms with E-state index in [0.29, 0.717) is 5.56 Å². The topological polar surface area (TPSA) is 46.5 Å². The maximum atomic E-state index is 11.4. The molecule has 1 saturated carbocycles. The number of ether oxygens (including phenoxy) is 1. The highest BCUT2D eigenvalue weighted by Crippen LogP contribution is 2.57. The molecule has 0 unspecified atom stereocenters. The second-order valence-electron chi connectivity index (χ2n) is 11.2. The minimum Gasteiger partial charge on any atom is -0.489 e. The molecule has 1 aliphatic heterocycles. The molecule has 2 aromatic carbocycles. The van der Waals surface area contributed by atoms with Crippen LogP contribution in [0.1, 0.15) is 105 Å². The van der Waals surface area contributed by atoms with Gasteiger partial charge in [0.05, 0.1) is 11.0 Å². The zero-order valence-electron chi connectivity index (χ0n) is 19.3. The molecule has 164 valence electrons. The minimum atomic E-state index is -0.873. The van der Waals surface area contributed by atoms with Crippen molar-refractivity contribution in [1.29, 1.82) is 0 Å². The van der Waals surface area contributed by atoms with Crippen LogP contribution in [0.3, 0.4) is 0 Å². The van der Waals surface area contributed by atoms with Gasteiger partial charge in [0.15, 0.2) is 0 Å². The highest BCUT2D eigenvalue weighted by molar-refractivity contribution is 5.87. The van der Waals surface area contributed by atoms with E-state index in [1.54, 1.807) is 12.1 Å². The number of carbonyl (C=O) groups is 1. The summed E-state index contributed by atoms with van der Waals surface area (Å²) in [7, 11) is 0. The lowest BCUT2D eigenvalue weighted by Crippen LogP contribution is -2.39. The first-order chi connectivity index (χ1) is 14.6. The molecule has 1 fully saturated rings. The largest absolute Gasteiger partial charge is 0.489 e. The smallest absolute Gasteiger partial charge is 0.335 e. The van der Waals surface area contributed by atoms with Gasteiger partial charge in [-0.1, -0.05) is 58.7 Å². The Bertz CT molecular complexity index is 1030. The van der Waals surface area contributed by atoms with E-state index in [1.165, 1.54) is 54.4 Å². The summed E-state index contributed by atoms with van der Waals surface area (Å²) >= 11 is 0. The molecule has 2 aromatic rings. The molecule has 3 heteroatoms. The van der Waals surface area contributed by atoms with E-state index in [1.807, 2.05) is 12.1 Å². The monoisotopic (exact) mass is 418 g/mol. The van der Waals surface area contributed by atoms with E-state index in [2.05, 4.69) is 39.8 Å². The quantitative estimate of drug-likeness (QED) is 0.587. The number of benzene rings is 2. The number of hydrogen-bond donors (Lipinski definition) is 1. The fourth-order valence-electron chi connectivity index (χ4n) is 6.37. The van der Waals surface area contributed by atoms with Gasteiger partial charge in [0.1, 0.15) is 11.9 Å². The molecule has 0 radical (unpaired) electrons. The summed E-state index contributed by atoms with van der Waals surface area (Å²) in [5.74, 6) is 0.182. The van der Waals surface area contributed by atoms with Gasteiger partial charge in [0.2, 0.25) is 0 Å². The first-order valence-corrected chi connectivity index (χ1v) is 11.9. The van der Waals surface area contributed by atoms with Crippen molar-refractivity contribution < 1.29 is 14.6 Å². The van der Waals surface area contributed by atoms with E-state index in [0.717, 1.165) is 18.6 Å². The van der Waals surface area contributed by atoms with Crippen LogP contribution < -0.4 is 4.74 Å². The van der Waals surface area contributed by atoms with Crippen LogP contribution in [0.15, 0.2) is 36.4 Å². The van der Waals surface area contributed by atoms with Gasteiger partial charge in [-0.25, -0.2) is 4.79 Å². The summed E-state index contributed by atoms with van der Waals surface area (Å²) in [6, 6.07) is 12.4. The van der Waals surface area contributed by atoms with Crippen LogP contribution in [0.2, 0.25) is 0 Å². The lowest BCUT2D eigenvalue weighted by atomic mass is 9.61. The SMILES string of the molecule is CC1(C)CCC(C)(C)c2cc3c(cc21)O[C@H]1CCCCC[C@]31c1ccc(C(=O)O)cc1. The van der Waals surface area contributed by atoms with Gasteiger partial charge < -0.3 is 9.84 Å². The molecule has 1 heterocycles. The summed E-state index contributed by atoms with van der Waals surface area (Å²) in [5, 5.41) is 9.39. The maximum Gasteiger partial charge on any atom is 0.335 e. The van der Waals surface area contributed by atoms with Crippen molar-refractivity contribution in [2.45, 2.75) is 95.0 Å². The van der Waals surface area contributed by atoms with Gasteiger partial charge in [0.25, 0.3) is 0 Å². The molecule has 2 aliphatic carbocycles. The van der Waals surface area contributed by atoms with Crippen molar-refractivity contribution in [2.24, 2.45) is 0 Å². The Balaban J connectivity index is 1.73. The lowest BCUT2D eigenvalue weighted by Gasteiger charge is -2.42. The first kappa shape index (κ1) is 20.6. The van der Waals surface area contributed by atoms with Crippen molar-refractivity contribution in [3.8, 4) is 5.75 Å². The average Bonchev–Trinajstić information content (AvgIpc) is 2.88. The third-order valence-corrected chi connectivity index (χ3v) is 8.44. The Morgan fingerprint density at radius 2 is 1.52 bits per heavy atom. The van der Waals surface area contributed by atoms with Gasteiger partial charge in [-0.15, -0.1) is 0 Å². The van der Waals surface area contributed by atoms with Gasteiger partial charge in [-0.2, -0.15) is 0 Å². The standard InChI is InChI=1S/C28H34O3/c1-26(2)14-15-27(3,4)21-17-23-22(16-20(21)26)28(13-7-5-6-8-24(28)31-23)19-11-9-18(10-12-19)25(29)30/h9-12,16-17,24H,5-8,13-15H2,1-4H3,(H,29,30)/t24-,28-/m0/s1. The van der Waals surface area contributed by atoms with E-state index >= 15 is 0 Å². The molecule has 0 bridgehead atoms. The summed E-state index contributed by atoms with van der Waals surface area (Å²) in [5.41, 5.74) is 5.91. The normalized spacial score (nSPS) is 27.9. The van der Waals surface area contributed by atoms with Gasteiger partial charge >= 0.3 is 5.97 Å². The summed E-state index contributed by atoms with van der Waals surface area (Å²) in [6.45, 7) is 9.48. The number of carboxylic acids is 1. The lowest BCUT2D eigenvalue weighted by molar-refractivity contribution is 0.0697. The second-order valence-corrected chi connectivity index (χ2v) is 11.2. The van der Waals surface area contributed by atoms with Crippen LogP contribution in [-0.2, 0) is 16.2 Å². The van der Waals surface area contributed by atoms with Crippen LogP contribution in [0, 0.1) is 0 Å². The number of hydrogen-bond acceptors (Lipinski definition) is 2. The molecule has 0 saturated heterocycles. The van der Waals surface area contributed by atoms with Crippen LogP contribution in [0.4, 0.5) is 0 Å². The van der Waals surface area contributed by atoms with Crippen molar-refractivity contribution in [3.63, 3.8) is 0 Å². The van der Waals surface area contributed by atoms with Crippen LogP contribution >= 0.6 is 0 Å². The van der Waals surface area contributed by atoms with Gasteiger partial charge in [-0.05, 0) is 77.8 Å². The highest BCUT2D eigenvalue weighted by Gasteiger charge is 2.52. The Morgan fingerprint density at radius 1 is 0.871 bits per heavy atom. The Hall–Kier alpha value is -2.29. The molecule has 1 N–H and O–H groups in total. The Labute approximate surface area is 185 Å². The molecule has 3 nitrogen and oxygen atoms in total. The minimum absolute atomic E-state index is 0.121. The molecule has 0 amide bonds. The third-order valence-electron chi connectivity index (χ3n) is 8.44. The summed E-state index contributed by atoms with van der Waals surface area (Å²) in [6.07, 6.45) is 8.19. The summed E-state index contributed by atoms with van der Waals surface area (Å²) in [4.78, 5) is 11.4. The molecular weight excluding hydrogens is 384 g/mol. The Morgan fingerprint density at radius 3 is 2.16 bits per heavy atom. The van der Waals surface area contributed by atoms with Crippen molar-refractivity contribution in [3.05, 3.63) is 64.2 Å². The van der Waals surface area contributed by atoms with E-state index in [-0.39, 0.29) is 22.3 Å². The maximum absolute atomic E-state index is 11.4. The summed E-state index contributed by atoms with van der Waals surface area (Å²) < 4.78 is 6.74. The molecular formula is C28H34O3. The molecule has 0 spiro atoms.